The summed E-state index contributed by atoms with van der Waals surface area (Å²) in [7, 11) is 0. The normalized spacial score (nSPS) is 10.2. The Morgan fingerprint density at radius 3 is 2.57 bits per heavy atom. The summed E-state index contributed by atoms with van der Waals surface area (Å²) < 4.78 is 13.1. The predicted octanol–water partition coefficient (Wildman–Crippen LogP) is 3.95. The molecule has 0 atom stereocenters. The van der Waals surface area contributed by atoms with Crippen LogP contribution in [0.1, 0.15) is 15.9 Å². The number of carbonyl (C=O) groups excluding carboxylic acids is 1. The summed E-state index contributed by atoms with van der Waals surface area (Å²) in [6.07, 6.45) is 0. The van der Waals surface area contributed by atoms with Crippen molar-refractivity contribution >= 4 is 28.9 Å². The van der Waals surface area contributed by atoms with E-state index < -0.39 is 10.8 Å². The fraction of sp³-hybridized carbons (Fsp3) is 0.0714. The van der Waals surface area contributed by atoms with E-state index in [2.05, 4.69) is 5.32 Å². The molecular formula is C14H10ClFN2O3. The van der Waals surface area contributed by atoms with Crippen molar-refractivity contribution in [3.8, 4) is 0 Å². The summed E-state index contributed by atoms with van der Waals surface area (Å²) in [5, 5.41) is 13.1. The van der Waals surface area contributed by atoms with Gasteiger partial charge in [-0.25, -0.2) is 4.39 Å². The van der Waals surface area contributed by atoms with Gasteiger partial charge in [-0.3, -0.25) is 14.9 Å². The highest BCUT2D eigenvalue weighted by atomic mass is 35.5. The van der Waals surface area contributed by atoms with Crippen molar-refractivity contribution < 1.29 is 14.1 Å². The maximum Gasteiger partial charge on any atom is 0.270 e. The lowest BCUT2D eigenvalue weighted by molar-refractivity contribution is -0.384. The van der Waals surface area contributed by atoms with Crippen LogP contribution in [0.15, 0.2) is 36.4 Å². The van der Waals surface area contributed by atoms with Crippen molar-refractivity contribution in [2.24, 2.45) is 0 Å². The van der Waals surface area contributed by atoms with Gasteiger partial charge in [0.1, 0.15) is 5.82 Å². The lowest BCUT2D eigenvalue weighted by atomic mass is 10.1. The Labute approximate surface area is 124 Å². The van der Waals surface area contributed by atoms with Gasteiger partial charge in [0.15, 0.2) is 0 Å². The SMILES string of the molecule is Cc1cc(NC(=O)c2ccc([N+](=O)[O-])cc2Cl)ccc1F. The van der Waals surface area contributed by atoms with Crippen LogP contribution >= 0.6 is 11.6 Å². The van der Waals surface area contributed by atoms with Crippen molar-refractivity contribution in [2.45, 2.75) is 6.92 Å². The van der Waals surface area contributed by atoms with Gasteiger partial charge >= 0.3 is 0 Å². The number of amides is 1. The first-order chi connectivity index (χ1) is 9.88. The molecule has 0 saturated carbocycles. The van der Waals surface area contributed by atoms with Gasteiger partial charge in [0.25, 0.3) is 11.6 Å². The molecule has 0 radical (unpaired) electrons. The summed E-state index contributed by atoms with van der Waals surface area (Å²) in [5.41, 5.74) is 0.703. The number of anilines is 1. The van der Waals surface area contributed by atoms with Gasteiger partial charge < -0.3 is 5.32 Å². The quantitative estimate of drug-likeness (QED) is 0.689. The Kier molecular flexibility index (Phi) is 4.18. The van der Waals surface area contributed by atoms with Crippen LogP contribution in [0.4, 0.5) is 15.8 Å². The summed E-state index contributed by atoms with van der Waals surface area (Å²) in [6.45, 7) is 1.57. The molecule has 0 aromatic heterocycles. The molecule has 0 saturated heterocycles. The van der Waals surface area contributed by atoms with Gasteiger partial charge in [0.05, 0.1) is 15.5 Å². The molecule has 0 spiro atoms. The number of nitrogens with zero attached hydrogens (tertiary/aromatic N) is 1. The zero-order valence-electron chi connectivity index (χ0n) is 10.9. The molecule has 0 aliphatic carbocycles. The molecule has 1 amide bonds. The molecule has 21 heavy (non-hydrogen) atoms. The molecule has 0 unspecified atom stereocenters. The van der Waals surface area contributed by atoms with Gasteiger partial charge in [0, 0.05) is 17.8 Å². The number of non-ortho nitro benzene ring substituents is 1. The van der Waals surface area contributed by atoms with Crippen molar-refractivity contribution in [1.29, 1.82) is 0 Å². The van der Waals surface area contributed by atoms with Crippen molar-refractivity contribution in [2.75, 3.05) is 5.32 Å². The minimum absolute atomic E-state index is 0.0273. The fourth-order valence-electron chi connectivity index (χ4n) is 1.72. The average Bonchev–Trinajstić information content (AvgIpc) is 2.42. The summed E-state index contributed by atoms with van der Waals surface area (Å²) in [5.74, 6) is -0.901. The second-order valence-electron chi connectivity index (χ2n) is 4.34. The standard InChI is InChI=1S/C14H10ClFN2O3/c1-8-6-9(2-5-13(8)16)17-14(19)11-4-3-10(18(20)21)7-12(11)15/h2-7H,1H3,(H,17,19). The number of nitro benzene ring substituents is 1. The van der Waals surface area contributed by atoms with Crippen LogP contribution in [0.5, 0.6) is 0 Å². The highest BCUT2D eigenvalue weighted by molar-refractivity contribution is 6.34. The zero-order valence-corrected chi connectivity index (χ0v) is 11.6. The Hall–Kier alpha value is -2.47. The minimum atomic E-state index is -0.600. The number of carbonyl (C=O) groups is 1. The molecular weight excluding hydrogens is 299 g/mol. The molecule has 0 aliphatic rings. The molecule has 0 aliphatic heterocycles. The lowest BCUT2D eigenvalue weighted by Crippen LogP contribution is -2.12. The second-order valence-corrected chi connectivity index (χ2v) is 4.75. The van der Waals surface area contributed by atoms with Crippen molar-refractivity contribution in [3.05, 3.63) is 68.5 Å². The molecule has 5 nitrogen and oxygen atoms in total. The van der Waals surface area contributed by atoms with Gasteiger partial charge in [-0.2, -0.15) is 0 Å². The Morgan fingerprint density at radius 1 is 1.29 bits per heavy atom. The van der Waals surface area contributed by atoms with Crippen LogP contribution in [0.3, 0.4) is 0 Å². The van der Waals surface area contributed by atoms with Crippen LogP contribution < -0.4 is 5.32 Å². The van der Waals surface area contributed by atoms with Crippen LogP contribution in [-0.2, 0) is 0 Å². The van der Waals surface area contributed by atoms with Gasteiger partial charge in [-0.1, -0.05) is 11.6 Å². The third kappa shape index (κ3) is 3.35. The lowest BCUT2D eigenvalue weighted by Gasteiger charge is -2.08. The number of rotatable bonds is 3. The average molecular weight is 309 g/mol. The van der Waals surface area contributed by atoms with E-state index in [4.69, 9.17) is 11.6 Å². The van der Waals surface area contributed by atoms with E-state index in [1.54, 1.807) is 6.92 Å². The number of benzene rings is 2. The zero-order chi connectivity index (χ0) is 15.6. The van der Waals surface area contributed by atoms with Gasteiger partial charge in [0.2, 0.25) is 0 Å². The summed E-state index contributed by atoms with van der Waals surface area (Å²) in [6, 6.07) is 7.70. The highest BCUT2D eigenvalue weighted by Crippen LogP contribution is 2.23. The molecule has 0 bridgehead atoms. The molecule has 1 N–H and O–H groups in total. The van der Waals surface area contributed by atoms with E-state index in [9.17, 15) is 19.3 Å². The summed E-state index contributed by atoms with van der Waals surface area (Å²) >= 11 is 5.87. The Balaban J connectivity index is 2.24. The topological polar surface area (TPSA) is 72.2 Å². The number of nitro groups is 1. The molecule has 2 aromatic carbocycles. The molecule has 7 heteroatoms. The van der Waals surface area contributed by atoms with E-state index in [1.165, 1.54) is 30.3 Å². The van der Waals surface area contributed by atoms with Gasteiger partial charge in [-0.05, 0) is 36.8 Å². The molecule has 108 valence electrons. The maximum atomic E-state index is 13.1. The highest BCUT2D eigenvalue weighted by Gasteiger charge is 2.15. The smallest absolute Gasteiger partial charge is 0.270 e. The van der Waals surface area contributed by atoms with Crippen molar-refractivity contribution in [1.82, 2.24) is 0 Å². The minimum Gasteiger partial charge on any atom is -0.322 e. The maximum absolute atomic E-state index is 13.1. The summed E-state index contributed by atoms with van der Waals surface area (Å²) in [4.78, 5) is 22.1. The monoisotopic (exact) mass is 308 g/mol. The van der Waals surface area contributed by atoms with Gasteiger partial charge in [-0.15, -0.1) is 0 Å². The van der Waals surface area contributed by atoms with E-state index in [1.807, 2.05) is 0 Å². The largest absolute Gasteiger partial charge is 0.322 e. The van der Waals surface area contributed by atoms with E-state index in [-0.39, 0.29) is 22.1 Å². The van der Waals surface area contributed by atoms with Crippen LogP contribution in [0, 0.1) is 22.9 Å². The molecule has 0 heterocycles. The fourth-order valence-corrected chi connectivity index (χ4v) is 1.98. The third-order valence-corrected chi connectivity index (χ3v) is 3.14. The first-order valence-corrected chi connectivity index (χ1v) is 6.27. The molecule has 2 aromatic rings. The molecule has 0 fully saturated rings. The first kappa shape index (κ1) is 14.9. The first-order valence-electron chi connectivity index (χ1n) is 5.90. The van der Waals surface area contributed by atoms with E-state index >= 15 is 0 Å². The number of hydrogen-bond acceptors (Lipinski definition) is 3. The predicted molar refractivity (Wildman–Crippen MR) is 77.2 cm³/mol. The number of nitrogens with one attached hydrogen (secondary N) is 1. The Bertz CT molecular complexity index is 734. The van der Waals surface area contributed by atoms with Crippen LogP contribution in [0.2, 0.25) is 5.02 Å². The van der Waals surface area contributed by atoms with E-state index in [0.29, 0.717) is 11.3 Å². The van der Waals surface area contributed by atoms with E-state index in [0.717, 1.165) is 6.07 Å². The van der Waals surface area contributed by atoms with Crippen LogP contribution in [-0.4, -0.2) is 10.8 Å². The number of aryl methyl sites for hydroxylation is 1. The molecule has 2 rings (SSSR count). The number of halogens is 2. The second kappa shape index (κ2) is 5.88. The van der Waals surface area contributed by atoms with Crippen LogP contribution in [0.25, 0.3) is 0 Å². The Morgan fingerprint density at radius 2 is 2.00 bits per heavy atom. The number of hydrogen-bond donors (Lipinski definition) is 1. The van der Waals surface area contributed by atoms with Crippen molar-refractivity contribution in [3.63, 3.8) is 0 Å². The third-order valence-electron chi connectivity index (χ3n) is 2.82.